The number of aromatic nitrogens is 4. The third kappa shape index (κ3) is 1.56. The lowest BCUT2D eigenvalue weighted by Crippen LogP contribution is -2.00. The van der Waals surface area contributed by atoms with Gasteiger partial charge in [0.05, 0.1) is 6.54 Å². The molecule has 2 rings (SSSR count). The van der Waals surface area contributed by atoms with Crippen LogP contribution in [-0.4, -0.2) is 19.5 Å². The Morgan fingerprint density at radius 1 is 1.50 bits per heavy atom. The van der Waals surface area contributed by atoms with Gasteiger partial charge in [-0.25, -0.2) is 4.98 Å². The maximum Gasteiger partial charge on any atom is 0.213 e. The molecule has 0 saturated heterocycles. The van der Waals surface area contributed by atoms with Crippen molar-refractivity contribution in [2.45, 2.75) is 6.54 Å². The molecule has 7 heteroatoms. The van der Waals surface area contributed by atoms with Crippen molar-refractivity contribution < 1.29 is 4.52 Å². The summed E-state index contributed by atoms with van der Waals surface area (Å²) in [5.74, 6) is 0.602. The summed E-state index contributed by atoms with van der Waals surface area (Å²) in [7, 11) is 0. The van der Waals surface area contributed by atoms with Gasteiger partial charge in [0.25, 0.3) is 0 Å². The Hall–Kier alpha value is -1.50. The van der Waals surface area contributed by atoms with E-state index in [4.69, 9.17) is 0 Å². The Bertz CT molecular complexity index is 283. The van der Waals surface area contributed by atoms with E-state index < -0.39 is 0 Å². The van der Waals surface area contributed by atoms with Gasteiger partial charge in [0.15, 0.2) is 5.82 Å². The first-order valence-electron chi connectivity index (χ1n) is 3.21. The second-order valence-corrected chi connectivity index (χ2v) is 2.73. The molecule has 0 amide bonds. The number of nitrogens with zero attached hydrogens (tertiary/aromatic N) is 4. The van der Waals surface area contributed by atoms with E-state index in [1.807, 2.05) is 0 Å². The molecule has 2 aromatic rings. The van der Waals surface area contributed by atoms with Crippen LogP contribution in [0.2, 0.25) is 0 Å². The fourth-order valence-corrected chi connectivity index (χ4v) is 1.10. The molecule has 0 aromatic carbocycles. The van der Waals surface area contributed by atoms with E-state index in [-0.39, 0.29) is 0 Å². The Labute approximate surface area is 71.8 Å². The highest BCUT2D eigenvalue weighted by Crippen LogP contribution is 2.06. The van der Waals surface area contributed by atoms with Crippen LogP contribution in [0.4, 0.5) is 5.13 Å². The third-order valence-electron chi connectivity index (χ3n) is 1.17. The van der Waals surface area contributed by atoms with E-state index in [2.05, 4.69) is 29.3 Å². The van der Waals surface area contributed by atoms with Gasteiger partial charge in [0, 0.05) is 11.5 Å². The molecule has 0 radical (unpaired) electrons. The van der Waals surface area contributed by atoms with Gasteiger partial charge in [-0.3, -0.25) is 0 Å². The SMILES string of the molecule is c1nsc(NCc2ncon2)n1. The standard InChI is InChI=1S/C5H5N5OS/c1(4-8-3-11-10-4)6-5-7-2-9-12-5/h2-3H,1H2,(H,6,7,9). The molecule has 6 nitrogen and oxygen atoms in total. The van der Waals surface area contributed by atoms with Gasteiger partial charge in [-0.05, 0) is 0 Å². The first kappa shape index (κ1) is 7.17. The first-order valence-corrected chi connectivity index (χ1v) is 3.98. The molecule has 0 saturated carbocycles. The van der Waals surface area contributed by atoms with Gasteiger partial charge < -0.3 is 9.84 Å². The van der Waals surface area contributed by atoms with Crippen molar-refractivity contribution in [2.24, 2.45) is 0 Å². The molecule has 0 bridgehead atoms. The Kier molecular flexibility index (Phi) is 1.95. The largest absolute Gasteiger partial charge is 0.353 e. The van der Waals surface area contributed by atoms with E-state index in [1.165, 1.54) is 24.3 Å². The topological polar surface area (TPSA) is 76.7 Å². The van der Waals surface area contributed by atoms with Crippen LogP contribution < -0.4 is 5.32 Å². The lowest BCUT2D eigenvalue weighted by atomic mass is 10.6. The Balaban J connectivity index is 1.91. The maximum atomic E-state index is 4.55. The van der Waals surface area contributed by atoms with E-state index >= 15 is 0 Å². The zero-order chi connectivity index (χ0) is 8.23. The summed E-state index contributed by atoms with van der Waals surface area (Å²) in [6.45, 7) is 0.506. The summed E-state index contributed by atoms with van der Waals surface area (Å²) in [6.07, 6.45) is 2.78. The van der Waals surface area contributed by atoms with Crippen LogP contribution in [-0.2, 0) is 6.54 Å². The van der Waals surface area contributed by atoms with Crippen LogP contribution in [0.15, 0.2) is 17.2 Å². The highest BCUT2D eigenvalue weighted by molar-refractivity contribution is 7.09. The molecule has 12 heavy (non-hydrogen) atoms. The maximum absolute atomic E-state index is 4.55. The van der Waals surface area contributed by atoms with Crippen molar-refractivity contribution in [3.05, 3.63) is 18.5 Å². The predicted octanol–water partition coefficient (Wildman–Crippen LogP) is 0.533. The van der Waals surface area contributed by atoms with E-state index in [0.29, 0.717) is 12.4 Å². The summed E-state index contributed by atoms with van der Waals surface area (Å²) < 4.78 is 8.38. The minimum atomic E-state index is 0.506. The van der Waals surface area contributed by atoms with Crippen LogP contribution in [0.1, 0.15) is 5.82 Å². The summed E-state index contributed by atoms with van der Waals surface area (Å²) >= 11 is 1.29. The van der Waals surface area contributed by atoms with Gasteiger partial charge in [-0.2, -0.15) is 9.36 Å². The number of hydrogen-bond donors (Lipinski definition) is 1. The van der Waals surface area contributed by atoms with Crippen LogP contribution in [0.5, 0.6) is 0 Å². The molecule has 0 atom stereocenters. The third-order valence-corrected chi connectivity index (χ3v) is 1.79. The number of nitrogens with one attached hydrogen (secondary N) is 1. The Morgan fingerprint density at radius 3 is 3.17 bits per heavy atom. The summed E-state index contributed by atoms with van der Waals surface area (Å²) in [4.78, 5) is 7.76. The monoisotopic (exact) mass is 183 g/mol. The van der Waals surface area contributed by atoms with Gasteiger partial charge in [0.1, 0.15) is 6.33 Å². The number of hydrogen-bond acceptors (Lipinski definition) is 7. The number of rotatable bonds is 3. The second-order valence-electron chi connectivity index (χ2n) is 1.95. The van der Waals surface area contributed by atoms with Crippen LogP contribution in [0.3, 0.4) is 0 Å². The van der Waals surface area contributed by atoms with Crippen molar-refractivity contribution >= 4 is 16.7 Å². The van der Waals surface area contributed by atoms with Crippen molar-refractivity contribution in [3.63, 3.8) is 0 Å². The molecule has 0 unspecified atom stereocenters. The van der Waals surface area contributed by atoms with Crippen LogP contribution in [0.25, 0.3) is 0 Å². The molecule has 1 N–H and O–H groups in total. The molecule has 0 fully saturated rings. The second kappa shape index (κ2) is 3.26. The van der Waals surface area contributed by atoms with Gasteiger partial charge in [-0.15, -0.1) is 0 Å². The molecule has 0 aliphatic rings. The van der Waals surface area contributed by atoms with Crippen LogP contribution in [0, 0.1) is 0 Å². The molecular formula is C5H5N5OS. The average Bonchev–Trinajstić information content (AvgIpc) is 2.74. The van der Waals surface area contributed by atoms with Gasteiger partial charge in [0.2, 0.25) is 11.5 Å². The summed E-state index contributed by atoms with van der Waals surface area (Å²) in [5.41, 5.74) is 0. The van der Waals surface area contributed by atoms with E-state index in [1.54, 1.807) is 0 Å². The zero-order valence-electron chi connectivity index (χ0n) is 5.97. The molecule has 2 aromatic heterocycles. The molecule has 0 aliphatic heterocycles. The van der Waals surface area contributed by atoms with E-state index in [9.17, 15) is 0 Å². The lowest BCUT2D eigenvalue weighted by Gasteiger charge is -1.94. The summed E-state index contributed by atoms with van der Waals surface area (Å²) in [5, 5.41) is 7.36. The predicted molar refractivity (Wildman–Crippen MR) is 41.5 cm³/mol. The average molecular weight is 183 g/mol. The van der Waals surface area contributed by atoms with Crippen LogP contribution >= 0.6 is 11.5 Å². The smallest absolute Gasteiger partial charge is 0.213 e. The van der Waals surface area contributed by atoms with Crippen molar-refractivity contribution in [1.82, 2.24) is 19.5 Å². The first-order chi connectivity index (χ1) is 5.95. The quantitative estimate of drug-likeness (QED) is 0.748. The molecule has 2 heterocycles. The minimum absolute atomic E-state index is 0.506. The molecule has 62 valence electrons. The lowest BCUT2D eigenvalue weighted by molar-refractivity contribution is 0.411. The van der Waals surface area contributed by atoms with E-state index in [0.717, 1.165) is 5.13 Å². The summed E-state index contributed by atoms with van der Waals surface area (Å²) in [6, 6.07) is 0. The molecular weight excluding hydrogens is 178 g/mol. The van der Waals surface area contributed by atoms with Crippen molar-refractivity contribution in [3.8, 4) is 0 Å². The zero-order valence-corrected chi connectivity index (χ0v) is 6.78. The molecule has 0 aliphatic carbocycles. The fraction of sp³-hybridized carbons (Fsp3) is 0.200. The van der Waals surface area contributed by atoms with Gasteiger partial charge >= 0.3 is 0 Å². The number of anilines is 1. The highest BCUT2D eigenvalue weighted by atomic mass is 32.1. The van der Waals surface area contributed by atoms with Gasteiger partial charge in [-0.1, -0.05) is 5.16 Å². The normalized spacial score (nSPS) is 10.0. The van der Waals surface area contributed by atoms with Crippen molar-refractivity contribution in [1.29, 1.82) is 0 Å². The minimum Gasteiger partial charge on any atom is -0.353 e. The Morgan fingerprint density at radius 2 is 2.50 bits per heavy atom. The van der Waals surface area contributed by atoms with Crippen molar-refractivity contribution in [2.75, 3.05) is 5.32 Å². The highest BCUT2D eigenvalue weighted by Gasteiger charge is 1.99. The molecule has 0 spiro atoms. The fourth-order valence-electron chi connectivity index (χ4n) is 0.676.